The zero-order valence-corrected chi connectivity index (χ0v) is 12.2. The van der Waals surface area contributed by atoms with Crippen LogP contribution in [0.4, 0.5) is 0 Å². The molecule has 1 aromatic carbocycles. The maximum Gasteiger partial charge on any atom is 0.123 e. The highest BCUT2D eigenvalue weighted by Gasteiger charge is 2.24. The lowest BCUT2D eigenvalue weighted by Gasteiger charge is -2.16. The predicted molar refractivity (Wildman–Crippen MR) is 78.9 cm³/mol. The Labute approximate surface area is 121 Å². The third-order valence-corrected chi connectivity index (χ3v) is 3.86. The van der Waals surface area contributed by atoms with Gasteiger partial charge in [-0.3, -0.25) is 0 Å². The average molecular weight is 279 g/mol. The van der Waals surface area contributed by atoms with Crippen LogP contribution in [0, 0.1) is 5.92 Å². The first-order chi connectivity index (χ1) is 9.81. The van der Waals surface area contributed by atoms with Crippen LogP contribution in [-0.4, -0.2) is 38.1 Å². The van der Waals surface area contributed by atoms with Crippen LogP contribution in [0.25, 0.3) is 0 Å². The number of methoxy groups -OCH3 is 1. The Morgan fingerprint density at radius 2 is 2.10 bits per heavy atom. The lowest BCUT2D eigenvalue weighted by atomic mass is 10.1. The smallest absolute Gasteiger partial charge is 0.123 e. The van der Waals surface area contributed by atoms with E-state index in [4.69, 9.17) is 9.47 Å². The first-order valence-electron chi connectivity index (χ1n) is 7.39. The van der Waals surface area contributed by atoms with Gasteiger partial charge in [-0.2, -0.15) is 0 Å². The van der Waals surface area contributed by atoms with Crippen molar-refractivity contribution in [1.29, 1.82) is 0 Å². The molecule has 2 atom stereocenters. The van der Waals surface area contributed by atoms with Crippen molar-refractivity contribution in [2.24, 2.45) is 5.92 Å². The highest BCUT2D eigenvalue weighted by Crippen LogP contribution is 2.25. The highest BCUT2D eigenvalue weighted by atomic mass is 16.5. The van der Waals surface area contributed by atoms with Crippen molar-refractivity contribution < 1.29 is 14.6 Å². The van der Waals surface area contributed by atoms with Gasteiger partial charge in [0, 0.05) is 25.8 Å². The topological polar surface area (TPSA) is 50.7 Å². The summed E-state index contributed by atoms with van der Waals surface area (Å²) in [7, 11) is 1.67. The van der Waals surface area contributed by atoms with Crippen LogP contribution in [0.1, 0.15) is 24.8 Å². The predicted octanol–water partition coefficient (Wildman–Crippen LogP) is 1.96. The van der Waals surface area contributed by atoms with E-state index < -0.39 is 0 Å². The van der Waals surface area contributed by atoms with Crippen molar-refractivity contribution in [1.82, 2.24) is 5.32 Å². The van der Waals surface area contributed by atoms with Gasteiger partial charge in [-0.05, 0) is 24.8 Å². The summed E-state index contributed by atoms with van der Waals surface area (Å²) in [4.78, 5) is 0. The van der Waals surface area contributed by atoms with Gasteiger partial charge in [0.2, 0.25) is 0 Å². The maximum atomic E-state index is 9.81. The minimum Gasteiger partial charge on any atom is -0.491 e. The summed E-state index contributed by atoms with van der Waals surface area (Å²) < 4.78 is 10.7. The Morgan fingerprint density at radius 3 is 2.85 bits per heavy atom. The Kier molecular flexibility index (Phi) is 6.30. The van der Waals surface area contributed by atoms with Crippen LogP contribution in [0.5, 0.6) is 5.75 Å². The summed E-state index contributed by atoms with van der Waals surface area (Å²) in [5, 5.41) is 13.2. The standard InChI is InChI=1S/C16H25NO3/c1-19-9-10-20-16-8-3-2-5-14(16)12-17-11-13-6-4-7-15(13)18/h2-3,5,8,13,15,17-18H,4,6-7,9-12H2,1H3. The zero-order valence-electron chi connectivity index (χ0n) is 12.2. The Balaban J connectivity index is 1.79. The molecule has 4 heteroatoms. The van der Waals surface area contributed by atoms with Crippen molar-refractivity contribution in [2.45, 2.75) is 31.9 Å². The van der Waals surface area contributed by atoms with Gasteiger partial charge in [0.25, 0.3) is 0 Å². The number of rotatable bonds is 8. The second kappa shape index (κ2) is 8.25. The lowest BCUT2D eigenvalue weighted by molar-refractivity contribution is 0.131. The van der Waals surface area contributed by atoms with E-state index in [0.717, 1.165) is 43.7 Å². The van der Waals surface area contributed by atoms with E-state index in [2.05, 4.69) is 11.4 Å². The normalized spacial score (nSPS) is 22.1. The second-order valence-corrected chi connectivity index (χ2v) is 5.34. The molecule has 1 aromatic rings. The number of hydrogen-bond acceptors (Lipinski definition) is 4. The van der Waals surface area contributed by atoms with E-state index >= 15 is 0 Å². The first kappa shape index (κ1) is 15.3. The molecular weight excluding hydrogens is 254 g/mol. The molecule has 1 saturated carbocycles. The molecule has 2 N–H and O–H groups in total. The second-order valence-electron chi connectivity index (χ2n) is 5.34. The van der Waals surface area contributed by atoms with Crippen LogP contribution >= 0.6 is 0 Å². The summed E-state index contributed by atoms with van der Waals surface area (Å²) in [6.45, 7) is 2.80. The third-order valence-electron chi connectivity index (χ3n) is 3.86. The van der Waals surface area contributed by atoms with E-state index in [0.29, 0.717) is 19.1 Å². The molecule has 1 fully saturated rings. The number of benzene rings is 1. The van der Waals surface area contributed by atoms with E-state index in [1.165, 1.54) is 0 Å². The van der Waals surface area contributed by atoms with Gasteiger partial charge in [0.15, 0.2) is 0 Å². The summed E-state index contributed by atoms with van der Waals surface area (Å²) in [6.07, 6.45) is 3.09. The molecule has 0 heterocycles. The van der Waals surface area contributed by atoms with Gasteiger partial charge in [-0.1, -0.05) is 24.6 Å². The van der Waals surface area contributed by atoms with Gasteiger partial charge in [-0.15, -0.1) is 0 Å². The van der Waals surface area contributed by atoms with Crippen LogP contribution < -0.4 is 10.1 Å². The number of aliphatic hydroxyl groups excluding tert-OH is 1. The Morgan fingerprint density at radius 1 is 1.25 bits per heavy atom. The van der Waals surface area contributed by atoms with E-state index in [1.54, 1.807) is 7.11 Å². The first-order valence-corrected chi connectivity index (χ1v) is 7.39. The minimum absolute atomic E-state index is 0.129. The molecule has 0 aromatic heterocycles. The van der Waals surface area contributed by atoms with Gasteiger partial charge in [-0.25, -0.2) is 0 Å². The van der Waals surface area contributed by atoms with Crippen molar-refractivity contribution in [3.8, 4) is 5.75 Å². The van der Waals surface area contributed by atoms with Crippen LogP contribution in [-0.2, 0) is 11.3 Å². The average Bonchev–Trinajstić information content (AvgIpc) is 2.86. The summed E-state index contributed by atoms with van der Waals surface area (Å²) >= 11 is 0. The fraction of sp³-hybridized carbons (Fsp3) is 0.625. The Hall–Kier alpha value is -1.10. The molecule has 2 unspecified atom stereocenters. The van der Waals surface area contributed by atoms with E-state index in [-0.39, 0.29) is 6.10 Å². The van der Waals surface area contributed by atoms with Crippen molar-refractivity contribution >= 4 is 0 Å². The lowest BCUT2D eigenvalue weighted by Crippen LogP contribution is -2.27. The minimum atomic E-state index is -0.129. The largest absolute Gasteiger partial charge is 0.491 e. The molecule has 1 aliphatic rings. The summed E-state index contributed by atoms with van der Waals surface area (Å²) in [5.41, 5.74) is 1.15. The molecule has 112 valence electrons. The van der Waals surface area contributed by atoms with Crippen molar-refractivity contribution in [2.75, 3.05) is 26.9 Å². The monoisotopic (exact) mass is 279 g/mol. The molecule has 0 aliphatic heterocycles. The fourth-order valence-corrected chi connectivity index (χ4v) is 2.67. The van der Waals surface area contributed by atoms with Gasteiger partial charge >= 0.3 is 0 Å². The molecule has 0 saturated heterocycles. The van der Waals surface area contributed by atoms with E-state index in [9.17, 15) is 5.11 Å². The Bertz CT molecular complexity index is 397. The summed E-state index contributed by atoms with van der Waals surface area (Å²) in [5.74, 6) is 1.31. The van der Waals surface area contributed by atoms with Crippen molar-refractivity contribution in [3.05, 3.63) is 29.8 Å². The number of para-hydroxylation sites is 1. The van der Waals surface area contributed by atoms with Crippen LogP contribution in [0.2, 0.25) is 0 Å². The zero-order chi connectivity index (χ0) is 14.2. The molecular formula is C16H25NO3. The number of ether oxygens (including phenoxy) is 2. The fourth-order valence-electron chi connectivity index (χ4n) is 2.67. The highest BCUT2D eigenvalue weighted by molar-refractivity contribution is 5.33. The molecule has 0 spiro atoms. The van der Waals surface area contributed by atoms with Gasteiger partial charge < -0.3 is 19.9 Å². The molecule has 4 nitrogen and oxygen atoms in total. The van der Waals surface area contributed by atoms with Crippen LogP contribution in [0.3, 0.4) is 0 Å². The molecule has 1 aliphatic carbocycles. The number of aliphatic hydroxyl groups is 1. The number of nitrogens with one attached hydrogen (secondary N) is 1. The molecule has 0 bridgehead atoms. The van der Waals surface area contributed by atoms with E-state index in [1.807, 2.05) is 18.2 Å². The van der Waals surface area contributed by atoms with Crippen molar-refractivity contribution in [3.63, 3.8) is 0 Å². The van der Waals surface area contributed by atoms with Crippen LogP contribution in [0.15, 0.2) is 24.3 Å². The molecule has 2 rings (SSSR count). The SMILES string of the molecule is COCCOc1ccccc1CNCC1CCCC1O. The third kappa shape index (κ3) is 4.47. The summed E-state index contributed by atoms with van der Waals surface area (Å²) in [6, 6.07) is 8.05. The molecule has 0 radical (unpaired) electrons. The molecule has 20 heavy (non-hydrogen) atoms. The molecule has 0 amide bonds. The van der Waals surface area contributed by atoms with Gasteiger partial charge in [0.1, 0.15) is 12.4 Å². The van der Waals surface area contributed by atoms with Gasteiger partial charge in [0.05, 0.1) is 12.7 Å². The maximum absolute atomic E-state index is 9.81. The number of hydrogen-bond donors (Lipinski definition) is 2. The quantitative estimate of drug-likeness (QED) is 0.714.